The first-order chi connectivity index (χ1) is 42.7. The number of hydrogen-bond acceptors (Lipinski definition) is 16. The number of carboxylic acids is 1. The number of nitrogens with one attached hydrogen (secondary N) is 1. The maximum atomic E-state index is 12.8. The molecule has 88 heavy (non-hydrogen) atoms. The topological polar surface area (TPSA) is 246 Å². The summed E-state index contributed by atoms with van der Waals surface area (Å²) in [4.78, 5) is 68.0. The van der Waals surface area contributed by atoms with Crippen molar-refractivity contribution in [1.29, 1.82) is 5.41 Å². The number of carbonyl (C=O) groups excluding carboxylic acids is 4. The van der Waals surface area contributed by atoms with Crippen molar-refractivity contribution in [3.63, 3.8) is 0 Å². The summed E-state index contributed by atoms with van der Waals surface area (Å²) in [6.45, 7) is 12.4. The summed E-state index contributed by atoms with van der Waals surface area (Å²) in [5, 5.41) is 24.7. The van der Waals surface area contributed by atoms with Crippen LogP contribution in [-0.4, -0.2) is 122 Å². The normalized spacial score (nSPS) is 16.2. The van der Waals surface area contributed by atoms with E-state index < -0.39 is 35.8 Å². The third kappa shape index (κ3) is 25.9. The second-order valence-electron chi connectivity index (χ2n) is 22.3. The number of aromatic nitrogens is 3. The van der Waals surface area contributed by atoms with Crippen LogP contribution in [-0.2, 0) is 48.6 Å². The minimum absolute atomic E-state index is 0.0624. The third-order valence-electron chi connectivity index (χ3n) is 15.4. The molecule has 2 aliphatic heterocycles. The van der Waals surface area contributed by atoms with Gasteiger partial charge in [-0.15, -0.1) is 0 Å². The lowest BCUT2D eigenvalue weighted by Crippen LogP contribution is -2.86. The van der Waals surface area contributed by atoms with Crippen molar-refractivity contribution in [2.45, 2.75) is 187 Å². The number of nitrogens with two attached hydrogens (primary N) is 1. The molecule has 3 N–H and O–H groups in total. The summed E-state index contributed by atoms with van der Waals surface area (Å²) in [6.07, 6.45) is 25.8. The zero-order valence-electron chi connectivity index (χ0n) is 52.1. The predicted molar refractivity (Wildman–Crippen MR) is 342 cm³/mol. The molecule has 3 aromatic carbocycles. The number of ether oxygens (including phenoxy) is 6. The number of piperazine rings is 1. The summed E-state index contributed by atoms with van der Waals surface area (Å²) in [7, 11) is 0. The Morgan fingerprint density at radius 2 is 1.27 bits per heavy atom. The number of unbranched alkanes of at least 4 members (excludes halogenated alkanes) is 16. The first-order valence-electron chi connectivity index (χ1n) is 31.7. The molecule has 1 aromatic heterocycles. The minimum Gasteiger partial charge on any atom is -0.545 e. The zero-order valence-corrected chi connectivity index (χ0v) is 53.6. The molecule has 484 valence electrons. The molecular formula is C66H94Cl2N8O12. The first-order valence-corrected chi connectivity index (χ1v) is 32.5. The molecule has 0 saturated carbocycles. The largest absolute Gasteiger partial charge is 0.545 e. The number of benzene rings is 3. The molecule has 20 nitrogen and oxygen atoms in total. The van der Waals surface area contributed by atoms with E-state index in [0.29, 0.717) is 47.5 Å². The summed E-state index contributed by atoms with van der Waals surface area (Å²) < 4.78 is 37.5. The highest BCUT2D eigenvalue weighted by Gasteiger charge is 2.46. The van der Waals surface area contributed by atoms with Crippen molar-refractivity contribution in [3.05, 3.63) is 111 Å². The highest BCUT2D eigenvalue weighted by atomic mass is 35.5. The predicted octanol–water partition coefficient (Wildman–Crippen LogP) is 10.6. The van der Waals surface area contributed by atoms with E-state index in [1.807, 2.05) is 38.1 Å². The van der Waals surface area contributed by atoms with Crippen LogP contribution in [0.1, 0.15) is 174 Å². The van der Waals surface area contributed by atoms with E-state index >= 15 is 0 Å². The third-order valence-corrected chi connectivity index (χ3v) is 16.0. The van der Waals surface area contributed by atoms with Gasteiger partial charge < -0.3 is 48.1 Å². The molecule has 3 unspecified atom stereocenters. The van der Waals surface area contributed by atoms with E-state index in [1.54, 1.807) is 34.4 Å². The number of esters is 3. The van der Waals surface area contributed by atoms with Gasteiger partial charge in [-0.3, -0.25) is 20.3 Å². The highest BCUT2D eigenvalue weighted by Crippen LogP contribution is 2.38. The Morgan fingerprint density at radius 1 is 0.750 bits per heavy atom. The number of hydrogen-bond donors (Lipinski definition) is 2. The van der Waals surface area contributed by atoms with Crippen molar-refractivity contribution in [1.82, 2.24) is 14.3 Å². The van der Waals surface area contributed by atoms with Crippen molar-refractivity contribution in [2.75, 3.05) is 69.0 Å². The van der Waals surface area contributed by atoms with Crippen LogP contribution in [0.5, 0.6) is 5.75 Å². The van der Waals surface area contributed by atoms with Gasteiger partial charge in [0.2, 0.25) is 5.79 Å². The van der Waals surface area contributed by atoms with E-state index in [1.165, 1.54) is 88.1 Å². The molecule has 3 atom stereocenters. The average molecular weight is 1260 g/mol. The number of aliphatic imine (C=N–C) groups is 1. The van der Waals surface area contributed by atoms with Gasteiger partial charge in [0, 0.05) is 67.1 Å². The zero-order chi connectivity index (χ0) is 63.4. The second kappa shape index (κ2) is 40.9. The average Bonchev–Trinajstić information content (AvgIpc) is 3.39. The number of anilines is 2. The molecule has 0 bridgehead atoms. The van der Waals surface area contributed by atoms with Gasteiger partial charge in [-0.2, -0.15) is 10.1 Å². The molecule has 6 rings (SSSR count). The fourth-order valence-electron chi connectivity index (χ4n) is 10.2. The summed E-state index contributed by atoms with van der Waals surface area (Å²) >= 11 is 12.7. The van der Waals surface area contributed by atoms with Crippen LogP contribution in [0.4, 0.5) is 11.4 Å². The number of rotatable bonds is 40. The molecule has 4 aromatic rings. The van der Waals surface area contributed by atoms with E-state index in [0.717, 1.165) is 100 Å². The Balaban J connectivity index is 0.000000331. The fraction of sp³-hybridized carbons (Fsp3) is 0.576. The van der Waals surface area contributed by atoms with Crippen molar-refractivity contribution >= 4 is 71.1 Å². The number of halogens is 2. The van der Waals surface area contributed by atoms with Crippen LogP contribution in [0, 0.1) is 5.41 Å². The fourth-order valence-corrected chi connectivity index (χ4v) is 10.8. The summed E-state index contributed by atoms with van der Waals surface area (Å²) in [6, 6.07) is 21.5. The lowest BCUT2D eigenvalue weighted by molar-refractivity contribution is -0.565. The van der Waals surface area contributed by atoms with Crippen molar-refractivity contribution in [2.24, 2.45) is 4.99 Å². The maximum absolute atomic E-state index is 12.8. The number of quaternary nitrogens is 1. The lowest BCUT2D eigenvalue weighted by Gasteiger charge is -2.37. The molecule has 3 heterocycles. The van der Waals surface area contributed by atoms with Crippen LogP contribution >= 0.6 is 23.2 Å². The van der Waals surface area contributed by atoms with E-state index in [9.17, 15) is 29.1 Å². The van der Waals surface area contributed by atoms with Crippen LogP contribution < -0.4 is 30.6 Å². The molecule has 2 aliphatic rings. The van der Waals surface area contributed by atoms with Crippen LogP contribution in [0.3, 0.4) is 0 Å². The van der Waals surface area contributed by atoms with Gasteiger partial charge in [-0.05, 0) is 92.9 Å². The molecule has 2 saturated heterocycles. The maximum Gasteiger partial charge on any atom is 0.350 e. The van der Waals surface area contributed by atoms with Gasteiger partial charge >= 0.3 is 23.6 Å². The van der Waals surface area contributed by atoms with E-state index in [2.05, 4.69) is 58.0 Å². The number of carbonyl (C=O) groups is 4. The molecule has 2 fully saturated rings. The Hall–Kier alpha value is -6.58. The minimum atomic E-state index is -1.54. The van der Waals surface area contributed by atoms with Crippen LogP contribution in [0.15, 0.2) is 95.0 Å². The van der Waals surface area contributed by atoms with Crippen molar-refractivity contribution < 1.29 is 58.0 Å². The standard InChI is InChI=1S/C35H40Cl2N8O4.C31H54O8/c1-3-25(2)45-34(46)44(24-41-45)29-7-5-27(6-8-29)42-14-16-43(17-15-42)28-9-11-30(12-10-28)47-19-31-20-48-35(49-31,21-39-23-40-22-38)32-13-4-26(36)18-33(32)37;1-3-5-7-9-11-13-15-17-19-21-29(34)37-25-27(39-31(36)24-23-28(32)33)26-38-30(35)22-20-18-16-14-12-10-8-6-4-2/h4-13,18,22-25,31H,3,14-17,19-21H2,1-2H3,(H2,38,39,40);23-24,27H,3-22,25-26H2,1-2H3,(H,32,33)/b;24-23+. The van der Waals surface area contributed by atoms with Crippen LogP contribution in [0.25, 0.3) is 5.69 Å². The molecule has 0 radical (unpaired) electrons. The van der Waals surface area contributed by atoms with Crippen molar-refractivity contribution in [3.8, 4) is 11.4 Å². The quantitative estimate of drug-likeness (QED) is 0.0105. The monoisotopic (exact) mass is 1260 g/mol. The smallest absolute Gasteiger partial charge is 0.350 e. The number of carboxylic acid groups (broad SMARTS) is 1. The van der Waals surface area contributed by atoms with Gasteiger partial charge in [-0.25, -0.2) is 18.8 Å². The van der Waals surface area contributed by atoms with Gasteiger partial charge in [0.1, 0.15) is 50.9 Å². The van der Waals surface area contributed by atoms with E-state index in [-0.39, 0.29) is 43.9 Å². The summed E-state index contributed by atoms with van der Waals surface area (Å²) in [5.41, 5.74) is 3.63. The van der Waals surface area contributed by atoms with Gasteiger partial charge in [0.05, 0.1) is 29.3 Å². The Bertz CT molecular complexity index is 2790. The van der Waals surface area contributed by atoms with Crippen LogP contribution in [0.2, 0.25) is 10.0 Å². The van der Waals surface area contributed by atoms with Gasteiger partial charge in [-0.1, -0.05) is 153 Å². The first kappa shape index (κ1) is 72.2. The van der Waals surface area contributed by atoms with Gasteiger partial charge in [0.15, 0.2) is 12.4 Å². The highest BCUT2D eigenvalue weighted by molar-refractivity contribution is 6.35. The molecule has 0 spiro atoms. The molecule has 0 amide bonds. The Labute approximate surface area is 529 Å². The lowest BCUT2D eigenvalue weighted by atomic mass is 10.1. The van der Waals surface area contributed by atoms with E-state index in [4.69, 9.17) is 57.0 Å². The number of aliphatic carboxylic acids is 1. The number of nitrogens with zero attached hydrogens (tertiary/aromatic N) is 6. The van der Waals surface area contributed by atoms with Gasteiger partial charge in [0.25, 0.3) is 0 Å². The molecule has 0 aliphatic carbocycles. The molecular weight excluding hydrogens is 1170 g/mol. The summed E-state index contributed by atoms with van der Waals surface area (Å²) in [5.74, 6) is -3.69. The Morgan fingerprint density at radius 3 is 1.78 bits per heavy atom. The SMILES string of the molecule is CCC(C)n1ncn(-c2ccc(N3CCN(c4ccc(OCC5COC(C[NH2+]C=NC=N)(c6ccc(Cl)cc6Cl)O5)cc4)CC3)cc2)c1=O.CCCCCCCCCCCC(=O)OCC(COC(=O)CCCCCCCCCCC)OC(=O)/C=C/C(=O)[O-]. The molecule has 22 heteroatoms. The Kier molecular flexibility index (Phi) is 33.5. The second-order valence-corrected chi connectivity index (χ2v) is 23.2.